The SMILES string of the molecule is [Cl-].[Cl-].c1nc2nc[nH+]c(NCCNc3[nH+]cnc4nc[nH]c34)c2[nH]1. The summed E-state index contributed by atoms with van der Waals surface area (Å²) in [6.07, 6.45) is 6.47. The van der Waals surface area contributed by atoms with Gasteiger partial charge in [-0.25, -0.2) is 19.9 Å². The Balaban J connectivity index is 0.00000104. The van der Waals surface area contributed by atoms with Gasteiger partial charge in [-0.3, -0.25) is 0 Å². The molecule has 0 saturated heterocycles. The quantitative estimate of drug-likeness (QED) is 0.258. The number of aromatic amines is 4. The van der Waals surface area contributed by atoms with Gasteiger partial charge in [-0.1, -0.05) is 9.97 Å². The molecule has 10 nitrogen and oxygen atoms in total. The molecule has 0 aliphatic rings. The number of hydrogen-bond acceptors (Lipinski definition) is 6. The molecule has 0 aliphatic carbocycles. The van der Waals surface area contributed by atoms with Crippen LogP contribution in [0.2, 0.25) is 0 Å². The lowest BCUT2D eigenvalue weighted by Crippen LogP contribution is -3.00. The Labute approximate surface area is 148 Å². The third-order valence-electron chi connectivity index (χ3n) is 3.26. The highest BCUT2D eigenvalue weighted by atomic mass is 35.5. The summed E-state index contributed by atoms with van der Waals surface area (Å²) in [6.45, 7) is 1.42. The van der Waals surface area contributed by atoms with E-state index >= 15 is 0 Å². The van der Waals surface area contributed by atoms with Crippen LogP contribution in [-0.2, 0) is 0 Å². The van der Waals surface area contributed by atoms with Crippen molar-refractivity contribution in [2.45, 2.75) is 0 Å². The highest BCUT2D eigenvalue weighted by Gasteiger charge is 2.12. The van der Waals surface area contributed by atoms with Crippen LogP contribution in [-0.4, -0.2) is 43.0 Å². The van der Waals surface area contributed by atoms with E-state index in [1.807, 2.05) is 0 Å². The maximum absolute atomic E-state index is 4.13. The molecule has 4 heterocycles. The van der Waals surface area contributed by atoms with Gasteiger partial charge in [-0.2, -0.15) is 0 Å². The summed E-state index contributed by atoms with van der Waals surface area (Å²) >= 11 is 0. The van der Waals surface area contributed by atoms with Gasteiger partial charge in [0.25, 0.3) is 11.3 Å². The minimum absolute atomic E-state index is 0. The normalized spacial score (nSPS) is 10.2. The summed E-state index contributed by atoms with van der Waals surface area (Å²) in [6, 6.07) is 0. The van der Waals surface area contributed by atoms with Crippen LogP contribution >= 0.6 is 0 Å². The topological polar surface area (TPSA) is 135 Å². The number of anilines is 2. The number of rotatable bonds is 5. The average molecular weight is 369 g/mol. The molecule has 0 unspecified atom stereocenters. The molecule has 0 bridgehead atoms. The van der Waals surface area contributed by atoms with E-state index in [1.165, 1.54) is 0 Å². The fourth-order valence-corrected chi connectivity index (χ4v) is 2.25. The zero-order valence-corrected chi connectivity index (χ0v) is 13.8. The van der Waals surface area contributed by atoms with Crippen LogP contribution in [0.15, 0.2) is 25.3 Å². The lowest BCUT2D eigenvalue weighted by Gasteiger charge is -2.02. The van der Waals surface area contributed by atoms with Gasteiger partial charge in [0.2, 0.25) is 24.3 Å². The monoisotopic (exact) mass is 368 g/mol. The molecule has 0 amide bonds. The van der Waals surface area contributed by atoms with Crippen molar-refractivity contribution in [1.29, 1.82) is 0 Å². The van der Waals surface area contributed by atoms with Crippen molar-refractivity contribution in [3.05, 3.63) is 25.3 Å². The molecule has 0 spiro atoms. The van der Waals surface area contributed by atoms with Gasteiger partial charge < -0.3 is 45.4 Å². The first-order valence-corrected chi connectivity index (χ1v) is 6.79. The maximum atomic E-state index is 4.13. The van der Waals surface area contributed by atoms with Crippen LogP contribution in [0.4, 0.5) is 11.6 Å². The molecule has 0 saturated carbocycles. The highest BCUT2D eigenvalue weighted by molar-refractivity contribution is 5.80. The zero-order chi connectivity index (χ0) is 14.8. The first-order chi connectivity index (χ1) is 10.9. The van der Waals surface area contributed by atoms with Gasteiger partial charge in [-0.15, -0.1) is 0 Å². The van der Waals surface area contributed by atoms with E-state index < -0.39 is 0 Å². The summed E-state index contributed by atoms with van der Waals surface area (Å²) < 4.78 is 0. The predicted octanol–water partition coefficient (Wildman–Crippen LogP) is -6.61. The number of aromatic nitrogens is 8. The molecule has 4 aromatic heterocycles. The molecule has 6 N–H and O–H groups in total. The van der Waals surface area contributed by atoms with E-state index in [2.05, 4.69) is 50.5 Å². The molecule has 0 aliphatic heterocycles. The number of nitrogens with zero attached hydrogens (tertiary/aromatic N) is 4. The highest BCUT2D eigenvalue weighted by Crippen LogP contribution is 2.12. The largest absolute Gasteiger partial charge is 1.00 e. The Morgan fingerprint density at radius 2 is 1.21 bits per heavy atom. The molecule has 4 aromatic rings. The van der Waals surface area contributed by atoms with Gasteiger partial charge >= 0.3 is 0 Å². The van der Waals surface area contributed by atoms with Crippen molar-refractivity contribution in [3.8, 4) is 0 Å². The Bertz CT molecular complexity index is 844. The van der Waals surface area contributed by atoms with E-state index in [0.717, 1.165) is 22.7 Å². The van der Waals surface area contributed by atoms with Crippen molar-refractivity contribution >= 4 is 34.0 Å². The second-order valence-corrected chi connectivity index (χ2v) is 4.61. The van der Waals surface area contributed by atoms with Crippen LogP contribution in [0.5, 0.6) is 0 Å². The Morgan fingerprint density at radius 1 is 0.750 bits per heavy atom. The maximum Gasteiger partial charge on any atom is 0.260 e. The fraction of sp³-hybridized carbons (Fsp3) is 0.167. The van der Waals surface area contributed by atoms with E-state index in [-0.39, 0.29) is 24.8 Å². The standard InChI is InChI=1S/C12H12N10.2ClH/c1(13-9-7-11(17-3-15-7)21-5-19-9)2-14-10-8-12(18-4-16-8)22-6-20-10;;/h3-6H,1-2H2,(H2,13,15,17,19,21)(H2,14,16,18,20,22);2*1H. The van der Waals surface area contributed by atoms with Crippen molar-refractivity contribution in [3.63, 3.8) is 0 Å². The van der Waals surface area contributed by atoms with E-state index in [9.17, 15) is 0 Å². The minimum Gasteiger partial charge on any atom is -1.00 e. The molecular formula is C12H14Cl2N10. The smallest absolute Gasteiger partial charge is 0.260 e. The Morgan fingerprint density at radius 3 is 1.67 bits per heavy atom. The average Bonchev–Trinajstić information content (AvgIpc) is 3.20. The second-order valence-electron chi connectivity index (χ2n) is 4.61. The second kappa shape index (κ2) is 7.70. The summed E-state index contributed by atoms with van der Waals surface area (Å²) in [5, 5.41) is 6.60. The number of imidazole rings is 2. The number of nitrogens with one attached hydrogen (secondary N) is 6. The van der Waals surface area contributed by atoms with Gasteiger partial charge in [0.1, 0.15) is 0 Å². The van der Waals surface area contributed by atoms with Crippen molar-refractivity contribution in [2.75, 3.05) is 23.7 Å². The molecule has 0 fully saturated rings. The van der Waals surface area contributed by atoms with Gasteiger partial charge in [-0.05, 0) is 0 Å². The third kappa shape index (κ3) is 3.29. The van der Waals surface area contributed by atoms with Crippen molar-refractivity contribution in [2.24, 2.45) is 0 Å². The molecule has 0 atom stereocenters. The zero-order valence-electron chi connectivity index (χ0n) is 12.3. The fourth-order valence-electron chi connectivity index (χ4n) is 2.25. The number of fused-ring (bicyclic) bond motifs is 2. The summed E-state index contributed by atoms with van der Waals surface area (Å²) in [5.74, 6) is 1.71. The molecule has 0 aromatic carbocycles. The third-order valence-corrected chi connectivity index (χ3v) is 3.26. The van der Waals surface area contributed by atoms with E-state index in [0.29, 0.717) is 24.4 Å². The van der Waals surface area contributed by atoms with Crippen molar-refractivity contribution in [1.82, 2.24) is 29.9 Å². The molecule has 24 heavy (non-hydrogen) atoms. The van der Waals surface area contributed by atoms with Crippen molar-refractivity contribution < 1.29 is 34.8 Å². The van der Waals surface area contributed by atoms with Crippen LogP contribution in [0.1, 0.15) is 0 Å². The summed E-state index contributed by atoms with van der Waals surface area (Å²) in [7, 11) is 0. The molecular weight excluding hydrogens is 355 g/mol. The van der Waals surface area contributed by atoms with Gasteiger partial charge in [0, 0.05) is 0 Å². The van der Waals surface area contributed by atoms with Gasteiger partial charge in [0.05, 0.1) is 25.7 Å². The number of halogens is 2. The molecule has 4 rings (SSSR count). The summed E-state index contributed by atoms with van der Waals surface area (Å²) in [4.78, 5) is 28.7. The Kier molecular flexibility index (Phi) is 5.66. The molecule has 126 valence electrons. The first kappa shape index (κ1) is 17.6. The number of H-pyrrole nitrogens is 4. The minimum atomic E-state index is 0. The Hall–Kier alpha value is -2.72. The molecule has 0 radical (unpaired) electrons. The van der Waals surface area contributed by atoms with E-state index in [1.54, 1.807) is 25.3 Å². The predicted molar refractivity (Wildman–Crippen MR) is 77.9 cm³/mol. The summed E-state index contributed by atoms with van der Waals surface area (Å²) in [5.41, 5.74) is 3.06. The number of hydrogen-bond donors (Lipinski definition) is 4. The van der Waals surface area contributed by atoms with Crippen LogP contribution in [0, 0.1) is 0 Å². The molecule has 12 heteroatoms. The van der Waals surface area contributed by atoms with Crippen LogP contribution < -0.4 is 45.4 Å². The first-order valence-electron chi connectivity index (χ1n) is 6.79. The van der Waals surface area contributed by atoms with Gasteiger partial charge in [0.15, 0.2) is 11.0 Å². The lowest BCUT2D eigenvalue weighted by atomic mass is 10.4. The van der Waals surface area contributed by atoms with Crippen LogP contribution in [0.3, 0.4) is 0 Å². The van der Waals surface area contributed by atoms with E-state index in [4.69, 9.17) is 0 Å². The van der Waals surface area contributed by atoms with Crippen LogP contribution in [0.25, 0.3) is 22.3 Å². The lowest BCUT2D eigenvalue weighted by molar-refractivity contribution is -0.365.